The topological polar surface area (TPSA) is 53.1 Å². The van der Waals surface area contributed by atoms with Crippen LogP contribution in [0.2, 0.25) is 0 Å². The van der Waals surface area contributed by atoms with Crippen LogP contribution < -0.4 is 5.73 Å². The van der Waals surface area contributed by atoms with Crippen molar-refractivity contribution in [2.45, 2.75) is 52.6 Å². The first-order chi connectivity index (χ1) is 8.60. The molecule has 0 amide bonds. The van der Waals surface area contributed by atoms with Gasteiger partial charge in [0.05, 0.1) is 5.69 Å². The van der Waals surface area contributed by atoms with Gasteiger partial charge in [0.1, 0.15) is 0 Å². The summed E-state index contributed by atoms with van der Waals surface area (Å²) in [7, 11) is 1.74. The van der Waals surface area contributed by atoms with E-state index in [4.69, 9.17) is 10.5 Å². The van der Waals surface area contributed by atoms with Gasteiger partial charge < -0.3 is 10.5 Å². The molecule has 1 aromatic heterocycles. The molecule has 4 heteroatoms. The van der Waals surface area contributed by atoms with Gasteiger partial charge >= 0.3 is 0 Å². The van der Waals surface area contributed by atoms with Gasteiger partial charge in [0.25, 0.3) is 0 Å². The summed E-state index contributed by atoms with van der Waals surface area (Å²) in [5.74, 6) is 0.508. The van der Waals surface area contributed by atoms with Crippen molar-refractivity contribution >= 4 is 0 Å². The molecule has 0 aromatic carbocycles. The quantitative estimate of drug-likeness (QED) is 0.771. The van der Waals surface area contributed by atoms with Gasteiger partial charge in [0.15, 0.2) is 0 Å². The van der Waals surface area contributed by atoms with Gasteiger partial charge in [-0.2, -0.15) is 5.10 Å². The number of hydrogen-bond donors (Lipinski definition) is 1. The summed E-state index contributed by atoms with van der Waals surface area (Å²) < 4.78 is 7.22. The first-order valence-corrected chi connectivity index (χ1v) is 6.90. The average molecular weight is 253 g/mol. The third-order valence-corrected chi connectivity index (χ3v) is 3.20. The molecular weight excluding hydrogens is 226 g/mol. The van der Waals surface area contributed by atoms with Crippen LogP contribution in [0.15, 0.2) is 6.07 Å². The van der Waals surface area contributed by atoms with Gasteiger partial charge in [-0.05, 0) is 31.7 Å². The largest absolute Gasteiger partial charge is 0.384 e. The first-order valence-electron chi connectivity index (χ1n) is 6.90. The molecule has 0 saturated heterocycles. The van der Waals surface area contributed by atoms with E-state index in [-0.39, 0.29) is 6.04 Å². The summed E-state index contributed by atoms with van der Waals surface area (Å²) in [5, 5.41) is 4.55. The van der Waals surface area contributed by atoms with Crippen LogP contribution in [0.3, 0.4) is 0 Å². The summed E-state index contributed by atoms with van der Waals surface area (Å²) >= 11 is 0. The lowest BCUT2D eigenvalue weighted by atomic mass is 9.99. The summed E-state index contributed by atoms with van der Waals surface area (Å²) in [4.78, 5) is 0. The molecule has 0 aliphatic carbocycles. The minimum Gasteiger partial charge on any atom is -0.384 e. The van der Waals surface area contributed by atoms with Crippen molar-refractivity contribution in [3.05, 3.63) is 17.5 Å². The molecule has 1 heterocycles. The lowest BCUT2D eigenvalue weighted by molar-refractivity contribution is 0.152. The van der Waals surface area contributed by atoms with Crippen LogP contribution in [-0.4, -0.2) is 29.5 Å². The molecule has 0 spiro atoms. The highest BCUT2D eigenvalue weighted by molar-refractivity contribution is 5.11. The second kappa shape index (κ2) is 7.54. The maximum atomic E-state index is 6.21. The van der Waals surface area contributed by atoms with Gasteiger partial charge in [-0.3, -0.25) is 4.68 Å². The van der Waals surface area contributed by atoms with Gasteiger partial charge in [-0.1, -0.05) is 13.8 Å². The highest BCUT2D eigenvalue weighted by atomic mass is 16.5. The van der Waals surface area contributed by atoms with Crippen molar-refractivity contribution in [3.8, 4) is 0 Å². The minimum atomic E-state index is 0.182. The second-order valence-electron chi connectivity index (χ2n) is 5.06. The van der Waals surface area contributed by atoms with E-state index in [0.717, 1.165) is 38.1 Å². The molecule has 1 rings (SSSR count). The van der Waals surface area contributed by atoms with Crippen molar-refractivity contribution in [1.82, 2.24) is 9.78 Å². The zero-order chi connectivity index (χ0) is 13.5. The van der Waals surface area contributed by atoms with E-state index in [0.29, 0.717) is 5.92 Å². The highest BCUT2D eigenvalue weighted by Crippen LogP contribution is 2.12. The highest BCUT2D eigenvalue weighted by Gasteiger charge is 2.13. The number of methoxy groups -OCH3 is 1. The predicted molar refractivity (Wildman–Crippen MR) is 74.6 cm³/mol. The monoisotopic (exact) mass is 253 g/mol. The van der Waals surface area contributed by atoms with Crippen LogP contribution in [0.1, 0.15) is 38.6 Å². The normalized spacial score (nSPS) is 14.7. The fraction of sp³-hybridized carbons (Fsp3) is 0.786. The van der Waals surface area contributed by atoms with Crippen LogP contribution in [0.5, 0.6) is 0 Å². The number of aromatic nitrogens is 2. The summed E-state index contributed by atoms with van der Waals surface area (Å²) in [6, 6.07) is 2.37. The Kier molecular flexibility index (Phi) is 6.36. The van der Waals surface area contributed by atoms with E-state index >= 15 is 0 Å². The Labute approximate surface area is 111 Å². The van der Waals surface area contributed by atoms with Gasteiger partial charge in [-0.15, -0.1) is 0 Å². The number of ether oxygens (including phenoxy) is 1. The van der Waals surface area contributed by atoms with E-state index in [9.17, 15) is 0 Å². The van der Waals surface area contributed by atoms with Crippen LogP contribution in [0, 0.1) is 5.92 Å². The Morgan fingerprint density at radius 1 is 1.44 bits per heavy atom. The Morgan fingerprint density at radius 3 is 2.72 bits per heavy atom. The van der Waals surface area contributed by atoms with Crippen molar-refractivity contribution in [2.24, 2.45) is 11.7 Å². The van der Waals surface area contributed by atoms with Gasteiger partial charge in [0, 0.05) is 38.4 Å². The standard InChI is InChI=1S/C14H27N3O/c1-5-13-9-14(17(6-2)16-13)8-12(15)7-11(3)10-18-4/h9,11-12H,5-8,10,15H2,1-4H3. The lowest BCUT2D eigenvalue weighted by Gasteiger charge is -2.17. The van der Waals surface area contributed by atoms with Gasteiger partial charge in [0.2, 0.25) is 0 Å². The first kappa shape index (κ1) is 15.2. The fourth-order valence-electron chi connectivity index (χ4n) is 2.35. The van der Waals surface area contributed by atoms with E-state index in [1.807, 2.05) is 0 Å². The predicted octanol–water partition coefficient (Wildman–Crippen LogP) is 2.01. The molecule has 0 saturated carbocycles. The molecule has 2 N–H and O–H groups in total. The summed E-state index contributed by atoms with van der Waals surface area (Å²) in [5.41, 5.74) is 8.63. The van der Waals surface area contributed by atoms with Crippen LogP contribution in [0.4, 0.5) is 0 Å². The van der Waals surface area contributed by atoms with E-state index in [1.165, 1.54) is 5.69 Å². The summed E-state index contributed by atoms with van der Waals surface area (Å²) in [6.45, 7) is 8.12. The van der Waals surface area contributed by atoms with Crippen molar-refractivity contribution < 1.29 is 4.74 Å². The molecule has 0 aliphatic heterocycles. The summed E-state index contributed by atoms with van der Waals surface area (Å²) in [6.07, 6.45) is 2.87. The van der Waals surface area contributed by atoms with Crippen molar-refractivity contribution in [2.75, 3.05) is 13.7 Å². The zero-order valence-electron chi connectivity index (χ0n) is 12.1. The number of nitrogens with two attached hydrogens (primary N) is 1. The number of nitrogens with zero attached hydrogens (tertiary/aromatic N) is 2. The maximum Gasteiger partial charge on any atom is 0.0624 e. The molecule has 2 atom stereocenters. The fourth-order valence-corrected chi connectivity index (χ4v) is 2.35. The zero-order valence-corrected chi connectivity index (χ0v) is 12.1. The Morgan fingerprint density at radius 2 is 2.17 bits per heavy atom. The Bertz CT molecular complexity index is 349. The molecular formula is C14H27N3O. The van der Waals surface area contributed by atoms with E-state index in [1.54, 1.807) is 7.11 Å². The molecule has 104 valence electrons. The molecule has 4 nitrogen and oxygen atoms in total. The average Bonchev–Trinajstić information content (AvgIpc) is 2.71. The lowest BCUT2D eigenvalue weighted by Crippen LogP contribution is -2.27. The van der Waals surface area contributed by atoms with Crippen molar-refractivity contribution in [3.63, 3.8) is 0 Å². The molecule has 0 fully saturated rings. The van der Waals surface area contributed by atoms with Gasteiger partial charge in [-0.25, -0.2) is 0 Å². The number of rotatable bonds is 8. The van der Waals surface area contributed by atoms with E-state index in [2.05, 4.69) is 36.6 Å². The molecule has 1 aromatic rings. The molecule has 0 bridgehead atoms. The SMILES string of the molecule is CCc1cc(CC(N)CC(C)COC)n(CC)n1. The second-order valence-corrected chi connectivity index (χ2v) is 5.06. The minimum absolute atomic E-state index is 0.182. The molecule has 0 aliphatic rings. The molecule has 2 unspecified atom stereocenters. The van der Waals surface area contributed by atoms with Crippen LogP contribution in [-0.2, 0) is 24.1 Å². The van der Waals surface area contributed by atoms with E-state index < -0.39 is 0 Å². The third kappa shape index (κ3) is 4.42. The third-order valence-electron chi connectivity index (χ3n) is 3.20. The molecule has 0 radical (unpaired) electrons. The Hall–Kier alpha value is -0.870. The smallest absolute Gasteiger partial charge is 0.0624 e. The number of aryl methyl sites for hydroxylation is 2. The maximum absolute atomic E-state index is 6.21. The van der Waals surface area contributed by atoms with Crippen molar-refractivity contribution in [1.29, 1.82) is 0 Å². The Balaban J connectivity index is 2.57. The van der Waals surface area contributed by atoms with Crippen LogP contribution >= 0.6 is 0 Å². The number of hydrogen-bond acceptors (Lipinski definition) is 3. The molecule has 18 heavy (non-hydrogen) atoms. The van der Waals surface area contributed by atoms with Crippen LogP contribution in [0.25, 0.3) is 0 Å².